The zero-order chi connectivity index (χ0) is 18.5. The van der Waals surface area contributed by atoms with Gasteiger partial charge in [0.05, 0.1) is 7.11 Å². The van der Waals surface area contributed by atoms with Crippen LogP contribution >= 0.6 is 0 Å². The highest BCUT2D eigenvalue weighted by molar-refractivity contribution is 5.70. The van der Waals surface area contributed by atoms with Crippen molar-refractivity contribution < 1.29 is 4.74 Å². The Balaban J connectivity index is 1.77. The predicted molar refractivity (Wildman–Crippen MR) is 105 cm³/mol. The number of nitrogens with zero attached hydrogens (tertiary/aromatic N) is 2. The van der Waals surface area contributed by atoms with Gasteiger partial charge in [0.1, 0.15) is 5.75 Å². The van der Waals surface area contributed by atoms with Crippen LogP contribution in [0.3, 0.4) is 0 Å². The molecule has 5 nitrogen and oxygen atoms in total. The Kier molecular flexibility index (Phi) is 5.49. The molecule has 0 aliphatic heterocycles. The van der Waals surface area contributed by atoms with Crippen LogP contribution < -0.4 is 15.8 Å². The zero-order valence-corrected chi connectivity index (χ0v) is 15.4. The van der Waals surface area contributed by atoms with Crippen molar-refractivity contribution >= 4 is 5.95 Å². The fourth-order valence-corrected chi connectivity index (χ4v) is 2.81. The van der Waals surface area contributed by atoms with Gasteiger partial charge in [-0.1, -0.05) is 35.9 Å². The van der Waals surface area contributed by atoms with Crippen molar-refractivity contribution in [2.24, 2.45) is 0 Å². The van der Waals surface area contributed by atoms with E-state index in [2.05, 4.69) is 65.5 Å². The van der Waals surface area contributed by atoms with Gasteiger partial charge in [-0.15, -0.1) is 0 Å². The molecule has 1 heterocycles. The number of nitrogens with two attached hydrogens (primary N) is 1. The second kappa shape index (κ2) is 7.97. The van der Waals surface area contributed by atoms with Crippen LogP contribution in [0.4, 0.5) is 5.95 Å². The molecule has 5 heteroatoms. The highest BCUT2D eigenvalue weighted by Crippen LogP contribution is 2.30. The van der Waals surface area contributed by atoms with Gasteiger partial charge in [0.15, 0.2) is 0 Å². The van der Waals surface area contributed by atoms with E-state index in [0.29, 0.717) is 0 Å². The quantitative estimate of drug-likeness (QED) is 0.707. The Hall–Kier alpha value is -2.92. The number of benzene rings is 2. The van der Waals surface area contributed by atoms with Gasteiger partial charge in [0, 0.05) is 36.1 Å². The smallest absolute Gasteiger partial charge is 0.219 e. The topological polar surface area (TPSA) is 73.1 Å². The summed E-state index contributed by atoms with van der Waals surface area (Å²) in [4.78, 5) is 8.15. The normalized spacial score (nSPS) is 12.0. The number of hydrogen-bond donors (Lipinski definition) is 2. The molecule has 0 aliphatic rings. The molecule has 0 saturated heterocycles. The average molecular weight is 348 g/mol. The van der Waals surface area contributed by atoms with Crippen molar-refractivity contribution in [2.45, 2.75) is 26.4 Å². The predicted octanol–water partition coefficient (Wildman–Crippen LogP) is 3.89. The molecule has 3 N–H and O–H groups in total. The average Bonchev–Trinajstić information content (AvgIpc) is 2.67. The molecule has 3 rings (SSSR count). The highest BCUT2D eigenvalue weighted by Gasteiger charge is 2.10. The standard InChI is InChI=1S/C21H24N4O/c1-14-4-7-17(8-5-14)15(2)23-11-16-6-9-20(26-3)19(10-16)18-12-24-21(22)25-13-18/h4-10,12-13,15,23H,11H2,1-3H3,(H2,22,24,25)/t15-/m1/s1. The lowest BCUT2D eigenvalue weighted by atomic mass is 10.0. The first kappa shape index (κ1) is 17.9. The number of anilines is 1. The summed E-state index contributed by atoms with van der Waals surface area (Å²) in [6.45, 7) is 5.02. The number of rotatable bonds is 6. The van der Waals surface area contributed by atoms with Gasteiger partial charge < -0.3 is 15.8 Å². The first-order chi connectivity index (χ1) is 12.6. The van der Waals surface area contributed by atoms with E-state index in [9.17, 15) is 0 Å². The lowest BCUT2D eigenvalue weighted by Gasteiger charge is -2.16. The molecule has 26 heavy (non-hydrogen) atoms. The molecular weight excluding hydrogens is 324 g/mol. The third-order valence-corrected chi connectivity index (χ3v) is 4.44. The fraction of sp³-hybridized carbons (Fsp3) is 0.238. The minimum atomic E-state index is 0.262. The molecule has 0 fully saturated rings. The summed E-state index contributed by atoms with van der Waals surface area (Å²) in [6, 6.07) is 15.0. The van der Waals surface area contributed by atoms with Crippen LogP contribution in [0.15, 0.2) is 54.9 Å². The van der Waals surface area contributed by atoms with E-state index in [1.54, 1.807) is 19.5 Å². The number of methoxy groups -OCH3 is 1. The maximum Gasteiger partial charge on any atom is 0.219 e. The Morgan fingerprint density at radius 1 is 1.08 bits per heavy atom. The Morgan fingerprint density at radius 2 is 1.77 bits per heavy atom. The van der Waals surface area contributed by atoms with Crippen LogP contribution in [0.2, 0.25) is 0 Å². The first-order valence-corrected chi connectivity index (χ1v) is 8.61. The molecule has 134 valence electrons. The van der Waals surface area contributed by atoms with Gasteiger partial charge in [-0.2, -0.15) is 0 Å². The molecular formula is C21H24N4O. The molecule has 1 atom stereocenters. The van der Waals surface area contributed by atoms with Gasteiger partial charge in [0.2, 0.25) is 5.95 Å². The van der Waals surface area contributed by atoms with Gasteiger partial charge in [-0.05, 0) is 37.1 Å². The third kappa shape index (κ3) is 4.18. The summed E-state index contributed by atoms with van der Waals surface area (Å²) in [5, 5.41) is 3.57. The Bertz CT molecular complexity index is 860. The second-order valence-electron chi connectivity index (χ2n) is 6.38. The SMILES string of the molecule is COc1ccc(CN[C@H](C)c2ccc(C)cc2)cc1-c1cnc(N)nc1. The van der Waals surface area contributed by atoms with Crippen LogP contribution in [-0.4, -0.2) is 17.1 Å². The summed E-state index contributed by atoms with van der Waals surface area (Å²) in [6.07, 6.45) is 3.43. The summed E-state index contributed by atoms with van der Waals surface area (Å²) >= 11 is 0. The molecule has 0 saturated carbocycles. The largest absolute Gasteiger partial charge is 0.496 e. The van der Waals surface area contributed by atoms with Crippen molar-refractivity contribution in [1.29, 1.82) is 0 Å². The van der Waals surface area contributed by atoms with Gasteiger partial charge in [-0.25, -0.2) is 9.97 Å². The summed E-state index contributed by atoms with van der Waals surface area (Å²) in [5.41, 5.74) is 11.1. The molecule has 0 amide bonds. The van der Waals surface area contributed by atoms with E-state index in [0.717, 1.165) is 29.0 Å². The first-order valence-electron chi connectivity index (χ1n) is 8.61. The number of hydrogen-bond acceptors (Lipinski definition) is 5. The Labute approximate surface area is 154 Å². The number of nitrogens with one attached hydrogen (secondary N) is 1. The summed E-state index contributed by atoms with van der Waals surface area (Å²) in [7, 11) is 1.66. The molecule has 2 aromatic carbocycles. The Morgan fingerprint density at radius 3 is 2.42 bits per heavy atom. The fourth-order valence-electron chi connectivity index (χ4n) is 2.81. The van der Waals surface area contributed by atoms with Crippen LogP contribution in [0, 0.1) is 6.92 Å². The van der Waals surface area contributed by atoms with Crippen LogP contribution in [0.5, 0.6) is 5.75 Å². The maximum atomic E-state index is 5.59. The lowest BCUT2D eigenvalue weighted by molar-refractivity contribution is 0.416. The number of aromatic nitrogens is 2. The van der Waals surface area contributed by atoms with Gasteiger partial charge >= 0.3 is 0 Å². The van der Waals surface area contributed by atoms with Gasteiger partial charge in [0.25, 0.3) is 0 Å². The molecule has 0 unspecified atom stereocenters. The van der Waals surface area contributed by atoms with Crippen molar-refractivity contribution in [2.75, 3.05) is 12.8 Å². The number of nitrogen functional groups attached to an aromatic ring is 1. The van der Waals surface area contributed by atoms with Crippen molar-refractivity contribution in [3.63, 3.8) is 0 Å². The van der Waals surface area contributed by atoms with E-state index in [-0.39, 0.29) is 12.0 Å². The molecule has 0 spiro atoms. The minimum absolute atomic E-state index is 0.262. The summed E-state index contributed by atoms with van der Waals surface area (Å²) < 4.78 is 5.48. The van der Waals surface area contributed by atoms with E-state index in [1.165, 1.54) is 11.1 Å². The number of ether oxygens (including phenoxy) is 1. The van der Waals surface area contributed by atoms with Crippen molar-refractivity contribution in [3.8, 4) is 16.9 Å². The van der Waals surface area contributed by atoms with Gasteiger partial charge in [-0.3, -0.25) is 0 Å². The molecule has 0 aliphatic carbocycles. The highest BCUT2D eigenvalue weighted by atomic mass is 16.5. The molecule has 0 bridgehead atoms. The zero-order valence-electron chi connectivity index (χ0n) is 15.4. The minimum Gasteiger partial charge on any atom is -0.496 e. The van der Waals surface area contributed by atoms with E-state index >= 15 is 0 Å². The lowest BCUT2D eigenvalue weighted by Crippen LogP contribution is -2.18. The monoisotopic (exact) mass is 348 g/mol. The van der Waals surface area contributed by atoms with Crippen LogP contribution in [0.25, 0.3) is 11.1 Å². The third-order valence-electron chi connectivity index (χ3n) is 4.44. The molecule has 1 aromatic heterocycles. The number of aryl methyl sites for hydroxylation is 1. The molecule has 0 radical (unpaired) electrons. The van der Waals surface area contributed by atoms with E-state index in [1.807, 2.05) is 6.07 Å². The van der Waals surface area contributed by atoms with E-state index in [4.69, 9.17) is 10.5 Å². The van der Waals surface area contributed by atoms with Crippen molar-refractivity contribution in [3.05, 3.63) is 71.5 Å². The maximum absolute atomic E-state index is 5.59. The summed E-state index contributed by atoms with van der Waals surface area (Å²) in [5.74, 6) is 1.05. The van der Waals surface area contributed by atoms with Crippen LogP contribution in [-0.2, 0) is 6.54 Å². The van der Waals surface area contributed by atoms with E-state index < -0.39 is 0 Å². The molecule has 3 aromatic rings. The second-order valence-corrected chi connectivity index (χ2v) is 6.38. The van der Waals surface area contributed by atoms with Crippen molar-refractivity contribution in [1.82, 2.24) is 15.3 Å². The van der Waals surface area contributed by atoms with Crippen LogP contribution in [0.1, 0.15) is 29.7 Å².